The van der Waals surface area contributed by atoms with Crippen LogP contribution in [-0.2, 0) is 18.9 Å². The first kappa shape index (κ1) is 18.8. The van der Waals surface area contributed by atoms with Gasteiger partial charge >= 0.3 is 0 Å². The molecule has 0 spiro atoms. The maximum Gasteiger partial charge on any atom is 0.210 e. The summed E-state index contributed by atoms with van der Waals surface area (Å²) in [5.74, 6) is 0.0672. The van der Waals surface area contributed by atoms with Crippen molar-refractivity contribution in [2.45, 2.75) is 84.8 Å². The molecule has 1 saturated heterocycles. The molecule has 0 saturated carbocycles. The number of rotatable bonds is 5. The lowest BCUT2D eigenvalue weighted by Gasteiger charge is -2.33. The summed E-state index contributed by atoms with van der Waals surface area (Å²) in [4.78, 5) is 0. The molecule has 0 aromatic rings. The van der Waals surface area contributed by atoms with Crippen molar-refractivity contribution >= 4 is 0 Å². The quantitative estimate of drug-likeness (QED) is 0.791. The lowest BCUT2D eigenvalue weighted by molar-refractivity contribution is -0.304. The highest BCUT2D eigenvalue weighted by atomic mass is 16.8. The number of ether oxygens (including phenoxy) is 4. The van der Waals surface area contributed by atoms with E-state index in [-0.39, 0.29) is 12.0 Å². The van der Waals surface area contributed by atoms with Crippen molar-refractivity contribution in [1.82, 2.24) is 0 Å². The van der Waals surface area contributed by atoms with Gasteiger partial charge in [0.1, 0.15) is 0 Å². The molecular formula is C16H32O5. The predicted molar refractivity (Wildman–Crippen MR) is 80.9 cm³/mol. The molecule has 1 aliphatic rings. The van der Waals surface area contributed by atoms with Crippen molar-refractivity contribution in [2.75, 3.05) is 13.2 Å². The second kappa shape index (κ2) is 7.38. The Balaban J connectivity index is 2.83. The van der Waals surface area contributed by atoms with E-state index in [0.29, 0.717) is 13.2 Å². The van der Waals surface area contributed by atoms with E-state index in [2.05, 4.69) is 6.92 Å². The minimum Gasteiger partial charge on any atom is -0.379 e. The lowest BCUT2D eigenvalue weighted by atomic mass is 9.88. The van der Waals surface area contributed by atoms with Gasteiger partial charge in [-0.05, 0) is 41.0 Å². The zero-order valence-electron chi connectivity index (χ0n) is 14.5. The van der Waals surface area contributed by atoms with Gasteiger partial charge in [-0.15, -0.1) is 0 Å². The van der Waals surface area contributed by atoms with Crippen LogP contribution in [-0.4, -0.2) is 48.2 Å². The first-order valence-electron chi connectivity index (χ1n) is 7.83. The summed E-state index contributed by atoms with van der Waals surface area (Å²) < 4.78 is 23.2. The Hall–Kier alpha value is -0.200. The summed E-state index contributed by atoms with van der Waals surface area (Å²) in [5.41, 5.74) is -0.947. The Labute approximate surface area is 128 Å². The van der Waals surface area contributed by atoms with Crippen LogP contribution in [0.1, 0.15) is 54.9 Å². The Bertz CT molecular complexity index is 310. The minimum absolute atomic E-state index is 0.0672. The van der Waals surface area contributed by atoms with Crippen LogP contribution in [0.2, 0.25) is 0 Å². The van der Waals surface area contributed by atoms with Gasteiger partial charge in [-0.25, -0.2) is 0 Å². The highest BCUT2D eigenvalue weighted by Gasteiger charge is 2.44. The fraction of sp³-hybridized carbons (Fsp3) is 1.00. The average molecular weight is 304 g/mol. The molecule has 1 aliphatic heterocycles. The molecule has 0 radical (unpaired) electrons. The summed E-state index contributed by atoms with van der Waals surface area (Å²) in [6.45, 7) is 15.0. The van der Waals surface area contributed by atoms with Crippen molar-refractivity contribution in [1.29, 1.82) is 0 Å². The van der Waals surface area contributed by atoms with Crippen molar-refractivity contribution in [2.24, 2.45) is 5.92 Å². The normalized spacial score (nSPS) is 33.7. The van der Waals surface area contributed by atoms with E-state index in [1.807, 2.05) is 41.5 Å². The van der Waals surface area contributed by atoms with Gasteiger partial charge < -0.3 is 24.1 Å². The first-order valence-corrected chi connectivity index (χ1v) is 7.83. The van der Waals surface area contributed by atoms with Crippen LogP contribution in [0.15, 0.2) is 0 Å². The highest BCUT2D eigenvalue weighted by molar-refractivity contribution is 4.86. The summed E-state index contributed by atoms with van der Waals surface area (Å²) in [6.07, 6.45) is -1.15. The molecule has 1 rings (SSSR count). The zero-order chi connectivity index (χ0) is 16.3. The number of aliphatic hydroxyl groups is 1. The van der Waals surface area contributed by atoms with Crippen molar-refractivity contribution in [3.05, 3.63) is 0 Å². The van der Waals surface area contributed by atoms with Gasteiger partial charge in [0, 0.05) is 12.5 Å². The smallest absolute Gasteiger partial charge is 0.210 e. The summed E-state index contributed by atoms with van der Waals surface area (Å²) in [5, 5.41) is 10.2. The summed E-state index contributed by atoms with van der Waals surface area (Å²) in [7, 11) is 0. The number of hydrogen-bond acceptors (Lipinski definition) is 5. The molecule has 1 heterocycles. The van der Waals surface area contributed by atoms with Crippen molar-refractivity contribution < 1.29 is 24.1 Å². The van der Waals surface area contributed by atoms with Crippen LogP contribution in [0.4, 0.5) is 0 Å². The standard InChI is InChI=1S/C16H32O5/c1-8-9-18-10-12-11(2)16(6,7)20-13(17)14(19-12)21-15(3,4)5/h11-14,17H,8-10H2,1-7H3. The number of hydrogen-bond donors (Lipinski definition) is 1. The third-order valence-electron chi connectivity index (χ3n) is 3.72. The second-order valence-electron chi connectivity index (χ2n) is 7.25. The van der Waals surface area contributed by atoms with Crippen LogP contribution in [0, 0.1) is 5.92 Å². The Morgan fingerprint density at radius 1 is 1.24 bits per heavy atom. The predicted octanol–water partition coefficient (Wildman–Crippen LogP) is 2.70. The fourth-order valence-corrected chi connectivity index (χ4v) is 2.24. The van der Waals surface area contributed by atoms with Crippen molar-refractivity contribution in [3.63, 3.8) is 0 Å². The van der Waals surface area contributed by atoms with Gasteiger partial charge in [-0.3, -0.25) is 0 Å². The third kappa shape index (κ3) is 5.83. The van der Waals surface area contributed by atoms with Crippen LogP contribution in [0.3, 0.4) is 0 Å². The fourth-order valence-electron chi connectivity index (χ4n) is 2.24. The second-order valence-corrected chi connectivity index (χ2v) is 7.25. The number of aliphatic hydroxyl groups excluding tert-OH is 1. The Morgan fingerprint density at radius 3 is 2.38 bits per heavy atom. The van der Waals surface area contributed by atoms with Crippen LogP contribution >= 0.6 is 0 Å². The van der Waals surface area contributed by atoms with Gasteiger partial charge in [0.05, 0.1) is 23.9 Å². The largest absolute Gasteiger partial charge is 0.379 e. The highest BCUT2D eigenvalue weighted by Crippen LogP contribution is 2.33. The van der Waals surface area contributed by atoms with Gasteiger partial charge in [0.15, 0.2) is 0 Å². The molecule has 0 aromatic carbocycles. The average Bonchev–Trinajstić information content (AvgIpc) is 2.39. The third-order valence-corrected chi connectivity index (χ3v) is 3.72. The summed E-state index contributed by atoms with van der Waals surface area (Å²) >= 11 is 0. The first-order chi connectivity index (χ1) is 9.57. The van der Waals surface area contributed by atoms with E-state index in [0.717, 1.165) is 6.42 Å². The van der Waals surface area contributed by atoms with E-state index in [1.165, 1.54) is 0 Å². The van der Waals surface area contributed by atoms with Gasteiger partial charge in [-0.2, -0.15) is 0 Å². The van der Waals surface area contributed by atoms with E-state index in [1.54, 1.807) is 0 Å². The molecule has 0 aliphatic carbocycles. The maximum absolute atomic E-state index is 10.2. The SMILES string of the molecule is CCCOCC1OC(OC(C)(C)C)C(O)OC(C)(C)C1C. The van der Waals surface area contributed by atoms with Gasteiger partial charge in [0.25, 0.3) is 0 Å². The molecule has 4 atom stereocenters. The Morgan fingerprint density at radius 2 is 1.86 bits per heavy atom. The summed E-state index contributed by atoms with van der Waals surface area (Å²) in [6, 6.07) is 0. The van der Waals surface area contributed by atoms with Crippen molar-refractivity contribution in [3.8, 4) is 0 Å². The van der Waals surface area contributed by atoms with E-state index < -0.39 is 23.8 Å². The molecule has 0 amide bonds. The van der Waals surface area contributed by atoms with Crippen LogP contribution < -0.4 is 0 Å². The molecular weight excluding hydrogens is 272 g/mol. The molecule has 5 nitrogen and oxygen atoms in total. The van der Waals surface area contributed by atoms with Gasteiger partial charge in [-0.1, -0.05) is 13.8 Å². The molecule has 1 N–H and O–H groups in total. The van der Waals surface area contributed by atoms with Crippen LogP contribution in [0.25, 0.3) is 0 Å². The Kier molecular flexibility index (Phi) is 6.62. The van der Waals surface area contributed by atoms with E-state index in [4.69, 9.17) is 18.9 Å². The maximum atomic E-state index is 10.2. The van der Waals surface area contributed by atoms with E-state index >= 15 is 0 Å². The molecule has 4 unspecified atom stereocenters. The zero-order valence-corrected chi connectivity index (χ0v) is 14.5. The van der Waals surface area contributed by atoms with Crippen LogP contribution in [0.5, 0.6) is 0 Å². The molecule has 1 fully saturated rings. The minimum atomic E-state index is -1.11. The molecule has 5 heteroatoms. The molecule has 21 heavy (non-hydrogen) atoms. The molecule has 0 aromatic heterocycles. The van der Waals surface area contributed by atoms with Gasteiger partial charge in [0.2, 0.25) is 12.6 Å². The van der Waals surface area contributed by atoms with E-state index in [9.17, 15) is 5.11 Å². The monoisotopic (exact) mass is 304 g/mol. The topological polar surface area (TPSA) is 57.2 Å². The molecule has 0 bridgehead atoms. The lowest BCUT2D eigenvalue weighted by Crippen LogP contribution is -2.41. The molecule has 126 valence electrons.